The molecule has 2 aromatic carbocycles. The first-order chi connectivity index (χ1) is 13.5. The lowest BCUT2D eigenvalue weighted by molar-refractivity contribution is 0.0953. The molecule has 146 valence electrons. The number of fused-ring (bicyclic) bond motifs is 1. The van der Waals surface area contributed by atoms with Crippen LogP contribution < -0.4 is 9.77 Å². The number of hydrogen-bond donors (Lipinski definition) is 0. The van der Waals surface area contributed by atoms with Gasteiger partial charge in [0, 0.05) is 37.7 Å². The van der Waals surface area contributed by atoms with Crippen LogP contribution in [0.1, 0.15) is 25.7 Å². The van der Waals surface area contributed by atoms with Crippen molar-refractivity contribution in [1.82, 2.24) is 4.57 Å². The number of nitrogens with zero attached hydrogens (tertiary/aromatic N) is 2. The van der Waals surface area contributed by atoms with Gasteiger partial charge in [-0.1, -0.05) is 29.5 Å². The molecular weight excluding hydrogens is 378 g/mol. The molecule has 28 heavy (non-hydrogen) atoms. The summed E-state index contributed by atoms with van der Waals surface area (Å²) in [6, 6.07) is 14.4. The summed E-state index contributed by atoms with van der Waals surface area (Å²) >= 11 is 1.14. The third kappa shape index (κ3) is 3.24. The first kappa shape index (κ1) is 17.9. The van der Waals surface area contributed by atoms with E-state index in [-0.39, 0.29) is 17.8 Å². The summed E-state index contributed by atoms with van der Waals surface area (Å²) in [7, 11) is 0. The van der Waals surface area contributed by atoms with Gasteiger partial charge in [0.2, 0.25) is 0 Å². The van der Waals surface area contributed by atoms with Gasteiger partial charge in [0.05, 0.1) is 10.2 Å². The summed E-state index contributed by atoms with van der Waals surface area (Å²) < 4.78 is 28.9. The fourth-order valence-corrected chi connectivity index (χ4v) is 5.06. The van der Waals surface area contributed by atoms with Crippen molar-refractivity contribution in [2.75, 3.05) is 18.0 Å². The largest absolute Gasteiger partial charge is 0.372 e. The van der Waals surface area contributed by atoms with Crippen LogP contribution in [0.15, 0.2) is 47.3 Å². The molecule has 1 unspecified atom stereocenters. The lowest BCUT2D eigenvalue weighted by Crippen LogP contribution is -2.29. The molecule has 1 aliphatic carbocycles. The van der Waals surface area contributed by atoms with Crippen LogP contribution in [0.5, 0.6) is 0 Å². The van der Waals surface area contributed by atoms with Crippen LogP contribution in [0.2, 0.25) is 0 Å². The molecule has 0 bridgehead atoms. The molecule has 1 saturated carbocycles. The van der Waals surface area contributed by atoms with Gasteiger partial charge in [-0.05, 0) is 54.7 Å². The standard InChI is InChI=1S/C22H22F2N2OS/c23-22(24)13-17(22)14-26-19-9-6-16(12-20(19)28-21(26)27)15-4-7-18(8-5-15)25-10-2-1-3-11-25/h4-9,12,17H,1-3,10-11,13-14H2. The molecule has 1 saturated heterocycles. The molecule has 0 N–H and O–H groups in total. The minimum absolute atomic E-state index is 0.107. The molecule has 0 spiro atoms. The number of aromatic nitrogens is 1. The fraction of sp³-hybridized carbons (Fsp3) is 0.409. The van der Waals surface area contributed by atoms with Gasteiger partial charge in [0.1, 0.15) is 0 Å². The zero-order valence-corrected chi connectivity index (χ0v) is 16.4. The molecular formula is C22H22F2N2OS. The molecule has 2 aliphatic rings. The fourth-order valence-electron chi connectivity index (χ4n) is 4.12. The first-order valence-corrected chi connectivity index (χ1v) is 10.7. The molecule has 1 aliphatic heterocycles. The smallest absolute Gasteiger partial charge is 0.308 e. The predicted octanol–water partition coefficient (Wildman–Crippen LogP) is 5.38. The second kappa shape index (κ2) is 6.69. The average molecular weight is 400 g/mol. The zero-order chi connectivity index (χ0) is 19.3. The van der Waals surface area contributed by atoms with Crippen LogP contribution in [0.3, 0.4) is 0 Å². The van der Waals surface area contributed by atoms with Crippen molar-refractivity contribution < 1.29 is 8.78 Å². The lowest BCUT2D eigenvalue weighted by atomic mass is 10.0. The number of anilines is 1. The highest BCUT2D eigenvalue weighted by Gasteiger charge is 2.56. The highest BCUT2D eigenvalue weighted by Crippen LogP contribution is 2.49. The average Bonchev–Trinajstić information content (AvgIpc) is 3.20. The minimum Gasteiger partial charge on any atom is -0.372 e. The predicted molar refractivity (Wildman–Crippen MR) is 111 cm³/mol. The van der Waals surface area contributed by atoms with Crippen LogP contribution >= 0.6 is 11.3 Å². The molecule has 1 aromatic heterocycles. The normalized spacial score (nSPS) is 21.2. The van der Waals surface area contributed by atoms with Gasteiger partial charge >= 0.3 is 4.87 Å². The van der Waals surface area contributed by atoms with Crippen LogP contribution in [-0.4, -0.2) is 23.6 Å². The second-order valence-corrected chi connectivity index (χ2v) is 8.91. The Kier molecular flexibility index (Phi) is 4.27. The van der Waals surface area contributed by atoms with Gasteiger partial charge in [-0.2, -0.15) is 0 Å². The molecule has 0 amide bonds. The Morgan fingerprint density at radius 3 is 2.36 bits per heavy atom. The number of benzene rings is 2. The van der Waals surface area contributed by atoms with E-state index in [1.54, 1.807) is 0 Å². The number of piperidine rings is 1. The van der Waals surface area contributed by atoms with Crippen molar-refractivity contribution in [3.05, 3.63) is 52.1 Å². The van der Waals surface area contributed by atoms with E-state index in [1.807, 2.05) is 18.2 Å². The summed E-state index contributed by atoms with van der Waals surface area (Å²) in [6.45, 7) is 2.34. The Labute approximate surface area is 166 Å². The number of halogens is 2. The van der Waals surface area contributed by atoms with Crippen molar-refractivity contribution in [2.45, 2.75) is 38.2 Å². The van der Waals surface area contributed by atoms with Crippen molar-refractivity contribution in [2.24, 2.45) is 5.92 Å². The van der Waals surface area contributed by atoms with Gasteiger partial charge < -0.3 is 4.90 Å². The molecule has 3 nitrogen and oxygen atoms in total. The van der Waals surface area contributed by atoms with E-state index in [1.165, 1.54) is 29.5 Å². The van der Waals surface area contributed by atoms with Crippen molar-refractivity contribution in [3.8, 4) is 11.1 Å². The van der Waals surface area contributed by atoms with E-state index in [9.17, 15) is 13.6 Å². The highest BCUT2D eigenvalue weighted by atomic mass is 32.1. The van der Waals surface area contributed by atoms with E-state index >= 15 is 0 Å². The molecule has 3 aromatic rings. The van der Waals surface area contributed by atoms with E-state index in [0.717, 1.165) is 45.8 Å². The van der Waals surface area contributed by atoms with Crippen LogP contribution in [0.25, 0.3) is 21.3 Å². The van der Waals surface area contributed by atoms with Crippen LogP contribution in [0, 0.1) is 5.92 Å². The summed E-state index contributed by atoms with van der Waals surface area (Å²) in [5.41, 5.74) is 4.16. The van der Waals surface area contributed by atoms with E-state index in [2.05, 4.69) is 29.2 Å². The monoisotopic (exact) mass is 400 g/mol. The van der Waals surface area contributed by atoms with Crippen molar-refractivity contribution in [1.29, 1.82) is 0 Å². The topological polar surface area (TPSA) is 25.2 Å². The molecule has 1 atom stereocenters. The molecule has 2 fully saturated rings. The van der Waals surface area contributed by atoms with Crippen molar-refractivity contribution in [3.63, 3.8) is 0 Å². The maximum Gasteiger partial charge on any atom is 0.308 e. The summed E-state index contributed by atoms with van der Waals surface area (Å²) in [4.78, 5) is 14.6. The summed E-state index contributed by atoms with van der Waals surface area (Å²) in [5, 5.41) is 0. The third-order valence-electron chi connectivity index (χ3n) is 5.95. The van der Waals surface area contributed by atoms with Gasteiger partial charge in [-0.15, -0.1) is 0 Å². The highest BCUT2D eigenvalue weighted by molar-refractivity contribution is 7.16. The zero-order valence-electron chi connectivity index (χ0n) is 15.5. The van der Waals surface area contributed by atoms with E-state index < -0.39 is 11.8 Å². The van der Waals surface area contributed by atoms with E-state index in [0.29, 0.717) is 0 Å². The molecule has 6 heteroatoms. The first-order valence-electron chi connectivity index (χ1n) is 9.88. The Hall–Kier alpha value is -2.21. The number of alkyl halides is 2. The molecule has 2 heterocycles. The van der Waals surface area contributed by atoms with Crippen molar-refractivity contribution >= 4 is 27.2 Å². The summed E-state index contributed by atoms with van der Waals surface area (Å²) in [6.07, 6.45) is 3.70. The Balaban J connectivity index is 1.41. The number of hydrogen-bond acceptors (Lipinski definition) is 3. The second-order valence-electron chi connectivity index (χ2n) is 7.92. The lowest BCUT2D eigenvalue weighted by Gasteiger charge is -2.28. The third-order valence-corrected chi connectivity index (χ3v) is 6.89. The van der Waals surface area contributed by atoms with Gasteiger partial charge in [-0.3, -0.25) is 9.36 Å². The summed E-state index contributed by atoms with van der Waals surface area (Å²) in [5.74, 6) is -3.31. The van der Waals surface area contributed by atoms with Gasteiger partial charge in [0.25, 0.3) is 5.92 Å². The Bertz CT molecular complexity index is 1060. The quantitative estimate of drug-likeness (QED) is 0.588. The minimum atomic E-state index is -2.61. The Morgan fingerprint density at radius 2 is 1.68 bits per heavy atom. The molecule has 5 rings (SSSR count). The van der Waals surface area contributed by atoms with Gasteiger partial charge in [-0.25, -0.2) is 8.78 Å². The van der Waals surface area contributed by atoms with Gasteiger partial charge in [0.15, 0.2) is 0 Å². The number of thiazole rings is 1. The van der Waals surface area contributed by atoms with Crippen LogP contribution in [-0.2, 0) is 6.54 Å². The molecule has 0 radical (unpaired) electrons. The maximum atomic E-state index is 13.3. The van der Waals surface area contributed by atoms with E-state index in [4.69, 9.17) is 0 Å². The SMILES string of the molecule is O=c1sc2cc(-c3ccc(N4CCCCC4)cc3)ccc2n1CC1CC1(F)F. The maximum absolute atomic E-state index is 13.3. The number of rotatable bonds is 4. The Morgan fingerprint density at radius 1 is 1.00 bits per heavy atom. The van der Waals surface area contributed by atoms with Crippen LogP contribution in [0.4, 0.5) is 14.5 Å².